The van der Waals surface area contributed by atoms with E-state index < -0.39 is 21.8 Å². The molecule has 0 bridgehead atoms. The van der Waals surface area contributed by atoms with E-state index in [9.17, 15) is 13.2 Å². The van der Waals surface area contributed by atoms with Crippen LogP contribution in [0, 0.1) is 0 Å². The van der Waals surface area contributed by atoms with Gasteiger partial charge in [-0.15, -0.1) is 0 Å². The van der Waals surface area contributed by atoms with E-state index in [0.717, 1.165) is 23.6 Å². The summed E-state index contributed by atoms with van der Waals surface area (Å²) in [6, 6.07) is 0. The van der Waals surface area contributed by atoms with Crippen LogP contribution < -0.4 is 5.73 Å². The summed E-state index contributed by atoms with van der Waals surface area (Å²) in [4.78, 5) is 11.4. The molecule has 0 atom stereocenters. The lowest BCUT2D eigenvalue weighted by atomic mass is 9.84. The van der Waals surface area contributed by atoms with Crippen molar-refractivity contribution in [1.29, 1.82) is 0 Å². The highest BCUT2D eigenvalue weighted by atomic mass is 32.2. The summed E-state index contributed by atoms with van der Waals surface area (Å²) in [5.74, 6) is -0.697. The molecule has 94 valence electrons. The van der Waals surface area contributed by atoms with Crippen LogP contribution in [0.1, 0.15) is 32.1 Å². The van der Waals surface area contributed by atoms with E-state index in [-0.39, 0.29) is 0 Å². The molecule has 1 amide bonds. The smallest absolute Gasteiger partial charge is 0.338 e. The Morgan fingerprint density at radius 3 is 2.12 bits per heavy atom. The molecule has 1 aliphatic rings. The Morgan fingerprint density at radius 1 is 1.25 bits per heavy atom. The third-order valence-corrected chi connectivity index (χ3v) is 4.25. The third-order valence-electron chi connectivity index (χ3n) is 2.82. The number of carbonyl (C=O) groups is 1. The second kappa shape index (κ2) is 4.68. The summed E-state index contributed by atoms with van der Waals surface area (Å²) < 4.78 is 29.2. The molecule has 1 saturated carbocycles. The molecule has 2 N–H and O–H groups in total. The van der Waals surface area contributed by atoms with E-state index in [1.807, 2.05) is 0 Å². The van der Waals surface area contributed by atoms with Crippen molar-refractivity contribution in [3.05, 3.63) is 0 Å². The minimum atomic E-state index is -3.87. The van der Waals surface area contributed by atoms with Gasteiger partial charge in [-0.25, -0.2) is 4.18 Å². The molecule has 0 aromatic heterocycles. The molecular weight excluding hydrogens is 232 g/mol. The number of rotatable bonds is 4. The Balaban J connectivity index is 2.92. The Bertz CT molecular complexity index is 358. The zero-order chi connectivity index (χ0) is 12.4. The van der Waals surface area contributed by atoms with E-state index in [2.05, 4.69) is 0 Å². The SMILES string of the molecule is CN(C)S(=O)(=O)OC1(C(N)=O)CCCCC1. The van der Waals surface area contributed by atoms with Crippen LogP contribution in [0.25, 0.3) is 0 Å². The van der Waals surface area contributed by atoms with Crippen molar-refractivity contribution in [3.8, 4) is 0 Å². The summed E-state index contributed by atoms with van der Waals surface area (Å²) >= 11 is 0. The first-order chi connectivity index (χ1) is 7.30. The molecule has 1 fully saturated rings. The van der Waals surface area contributed by atoms with Gasteiger partial charge in [0.2, 0.25) is 0 Å². The first kappa shape index (κ1) is 13.4. The van der Waals surface area contributed by atoms with Gasteiger partial charge in [0.1, 0.15) is 0 Å². The first-order valence-corrected chi connectivity index (χ1v) is 6.60. The van der Waals surface area contributed by atoms with Crippen molar-refractivity contribution in [1.82, 2.24) is 4.31 Å². The monoisotopic (exact) mass is 250 g/mol. The normalized spacial score (nSPS) is 20.9. The van der Waals surface area contributed by atoms with Crippen LogP contribution in [0.3, 0.4) is 0 Å². The standard InChI is InChI=1S/C9H18N2O4S/c1-11(2)16(13,14)15-9(8(10)12)6-4-3-5-7-9/h3-7H2,1-2H3,(H2,10,12). The number of primary amides is 1. The van der Waals surface area contributed by atoms with Crippen molar-refractivity contribution in [2.75, 3.05) is 14.1 Å². The lowest BCUT2D eigenvalue weighted by molar-refractivity contribution is -0.136. The topological polar surface area (TPSA) is 89.7 Å². The Labute approximate surface area is 96.0 Å². The molecule has 0 unspecified atom stereocenters. The van der Waals surface area contributed by atoms with Gasteiger partial charge in [0, 0.05) is 14.1 Å². The van der Waals surface area contributed by atoms with Crippen LogP contribution in [0.5, 0.6) is 0 Å². The maximum Gasteiger partial charge on any atom is 0.338 e. The van der Waals surface area contributed by atoms with E-state index in [1.165, 1.54) is 14.1 Å². The maximum atomic E-state index is 11.6. The lowest BCUT2D eigenvalue weighted by Crippen LogP contribution is -2.50. The average molecular weight is 250 g/mol. The van der Waals surface area contributed by atoms with Crippen LogP contribution in [0.4, 0.5) is 0 Å². The van der Waals surface area contributed by atoms with E-state index in [0.29, 0.717) is 12.8 Å². The number of carbonyl (C=O) groups excluding carboxylic acids is 1. The minimum Gasteiger partial charge on any atom is -0.367 e. The van der Waals surface area contributed by atoms with Crippen molar-refractivity contribution < 1.29 is 17.4 Å². The van der Waals surface area contributed by atoms with Crippen LogP contribution in [0.2, 0.25) is 0 Å². The van der Waals surface area contributed by atoms with Gasteiger partial charge in [0.05, 0.1) is 0 Å². The number of hydrogen-bond acceptors (Lipinski definition) is 4. The molecule has 0 saturated heterocycles. The molecule has 1 aliphatic carbocycles. The lowest BCUT2D eigenvalue weighted by Gasteiger charge is -2.33. The van der Waals surface area contributed by atoms with Crippen molar-refractivity contribution in [2.24, 2.45) is 5.73 Å². The molecule has 6 nitrogen and oxygen atoms in total. The van der Waals surface area contributed by atoms with Crippen LogP contribution in [-0.2, 0) is 19.3 Å². The second-order valence-corrected chi connectivity index (χ2v) is 6.00. The molecule has 0 aromatic rings. The Kier molecular flexibility index (Phi) is 3.92. The fourth-order valence-corrected chi connectivity index (χ4v) is 2.57. The van der Waals surface area contributed by atoms with Gasteiger partial charge >= 0.3 is 10.3 Å². The predicted molar refractivity (Wildman–Crippen MR) is 58.7 cm³/mol. The number of nitrogens with two attached hydrogens (primary N) is 1. The molecule has 7 heteroatoms. The summed E-state index contributed by atoms with van der Waals surface area (Å²) in [5.41, 5.74) is 3.92. The number of nitrogens with zero attached hydrogens (tertiary/aromatic N) is 1. The van der Waals surface area contributed by atoms with Gasteiger partial charge in [-0.1, -0.05) is 6.42 Å². The Hall–Kier alpha value is -0.660. The third kappa shape index (κ3) is 2.72. The van der Waals surface area contributed by atoms with Crippen LogP contribution >= 0.6 is 0 Å². The van der Waals surface area contributed by atoms with Crippen molar-refractivity contribution in [2.45, 2.75) is 37.7 Å². The molecule has 16 heavy (non-hydrogen) atoms. The average Bonchev–Trinajstić information content (AvgIpc) is 2.18. The summed E-state index contributed by atoms with van der Waals surface area (Å²) in [6.07, 6.45) is 3.23. The highest BCUT2D eigenvalue weighted by Crippen LogP contribution is 2.33. The van der Waals surface area contributed by atoms with E-state index in [1.54, 1.807) is 0 Å². The zero-order valence-corrected chi connectivity index (χ0v) is 10.4. The van der Waals surface area contributed by atoms with Crippen molar-refractivity contribution >= 4 is 16.2 Å². The van der Waals surface area contributed by atoms with E-state index >= 15 is 0 Å². The van der Waals surface area contributed by atoms with Gasteiger partial charge in [0.15, 0.2) is 5.60 Å². The fraction of sp³-hybridized carbons (Fsp3) is 0.889. The van der Waals surface area contributed by atoms with Crippen LogP contribution in [0.15, 0.2) is 0 Å². The number of amides is 1. The predicted octanol–water partition coefficient (Wildman–Crippen LogP) is -0.00240. The maximum absolute atomic E-state index is 11.6. The van der Waals surface area contributed by atoms with Crippen molar-refractivity contribution in [3.63, 3.8) is 0 Å². The molecule has 0 aromatic carbocycles. The highest BCUT2D eigenvalue weighted by Gasteiger charge is 2.43. The molecule has 0 heterocycles. The summed E-state index contributed by atoms with van der Waals surface area (Å²) in [5, 5.41) is 0. The second-order valence-electron chi connectivity index (χ2n) is 4.24. The molecule has 1 rings (SSSR count). The Morgan fingerprint density at radius 2 is 1.75 bits per heavy atom. The quantitative estimate of drug-likeness (QED) is 0.760. The highest BCUT2D eigenvalue weighted by molar-refractivity contribution is 7.84. The molecule has 0 spiro atoms. The summed E-state index contributed by atoms with van der Waals surface area (Å²) in [6.45, 7) is 0. The van der Waals surface area contributed by atoms with Gasteiger partial charge < -0.3 is 5.73 Å². The fourth-order valence-electron chi connectivity index (χ4n) is 1.77. The summed E-state index contributed by atoms with van der Waals surface area (Å²) in [7, 11) is -1.16. The largest absolute Gasteiger partial charge is 0.367 e. The molecule has 0 radical (unpaired) electrons. The van der Waals surface area contributed by atoms with E-state index in [4.69, 9.17) is 9.92 Å². The van der Waals surface area contributed by atoms with Gasteiger partial charge in [-0.3, -0.25) is 4.79 Å². The number of hydrogen-bond donors (Lipinski definition) is 1. The minimum absolute atomic E-state index is 0.370. The zero-order valence-electron chi connectivity index (χ0n) is 9.60. The molecular formula is C9H18N2O4S. The van der Waals surface area contributed by atoms with Crippen LogP contribution in [-0.4, -0.2) is 38.3 Å². The first-order valence-electron chi connectivity index (χ1n) is 5.23. The molecule has 0 aliphatic heterocycles. The van der Waals surface area contributed by atoms with Gasteiger partial charge in [0.25, 0.3) is 5.91 Å². The van der Waals surface area contributed by atoms with Gasteiger partial charge in [-0.2, -0.15) is 12.7 Å². The van der Waals surface area contributed by atoms with Gasteiger partial charge in [-0.05, 0) is 25.7 Å².